The van der Waals surface area contributed by atoms with Crippen LogP contribution in [0.15, 0.2) is 0 Å². The largest absolute Gasteiger partial charge is 0.442 e. The highest BCUT2D eigenvalue weighted by atomic mass is 15.3. The van der Waals surface area contributed by atoms with Crippen molar-refractivity contribution in [2.75, 3.05) is 39.8 Å². The van der Waals surface area contributed by atoms with Crippen molar-refractivity contribution in [1.82, 2.24) is 4.90 Å². The maximum Gasteiger partial charge on any atom is 0.442 e. The molecule has 1 rings (SSSR count). The lowest BCUT2D eigenvalue weighted by Gasteiger charge is -2.41. The van der Waals surface area contributed by atoms with Gasteiger partial charge in [-0.05, 0) is 13.4 Å². The Kier molecular flexibility index (Phi) is 2.96. The molecule has 2 nitrogen and oxygen atoms in total. The lowest BCUT2D eigenvalue weighted by molar-refractivity contribution is -0.806. The molecule has 0 unspecified atom stereocenters. The summed E-state index contributed by atoms with van der Waals surface area (Å²) in [5.74, 6) is 0. The van der Waals surface area contributed by atoms with E-state index in [0.717, 1.165) is 4.39 Å². The zero-order valence-corrected chi connectivity index (χ0v) is 8.01. The van der Waals surface area contributed by atoms with Crippen LogP contribution in [-0.4, -0.2) is 56.5 Å². The molecule has 1 aliphatic rings. The van der Waals surface area contributed by atoms with Crippen molar-refractivity contribution in [1.29, 1.82) is 0 Å². The van der Waals surface area contributed by atoms with Crippen LogP contribution in [0.5, 0.6) is 0 Å². The Labute approximate surface area is 71.0 Å². The summed E-state index contributed by atoms with van der Waals surface area (Å²) in [6, 6.07) is 0. The Bertz CT molecular complexity index is 119. The molecule has 0 amide bonds. The van der Waals surface area contributed by atoms with Crippen LogP contribution < -0.4 is 0 Å². The minimum absolute atomic E-state index is 1.15. The van der Waals surface area contributed by atoms with Gasteiger partial charge in [-0.2, -0.15) is 0 Å². The Balaban J connectivity index is 2.35. The van der Waals surface area contributed by atoms with E-state index >= 15 is 0 Å². The summed E-state index contributed by atoms with van der Waals surface area (Å²) in [4.78, 5) is 2.52. The summed E-state index contributed by atoms with van der Waals surface area (Å²) >= 11 is 0. The summed E-state index contributed by atoms with van der Waals surface area (Å²) in [6.45, 7) is 10.7. The summed E-state index contributed by atoms with van der Waals surface area (Å²) in [7, 11) is 4.62. The molecule has 1 saturated heterocycles. The van der Waals surface area contributed by atoms with E-state index < -0.39 is 0 Å². The molecule has 1 fully saturated rings. The predicted octanol–water partition coefficient (Wildman–Crippen LogP) is 0.436. The van der Waals surface area contributed by atoms with E-state index in [1.54, 1.807) is 0 Å². The summed E-state index contributed by atoms with van der Waals surface area (Å²) in [5.41, 5.74) is 0. The molecule has 0 aromatic carbocycles. The van der Waals surface area contributed by atoms with Gasteiger partial charge in [0.25, 0.3) is 0 Å². The van der Waals surface area contributed by atoms with Crippen LogP contribution in [0.3, 0.4) is 0 Å². The van der Waals surface area contributed by atoms with Gasteiger partial charge >= 0.3 is 7.41 Å². The van der Waals surface area contributed by atoms with Crippen LogP contribution in [0.25, 0.3) is 0 Å². The minimum atomic E-state index is 1.15. The fourth-order valence-corrected chi connectivity index (χ4v) is 1.54. The van der Waals surface area contributed by atoms with Crippen LogP contribution in [0.2, 0.25) is 6.82 Å². The highest BCUT2D eigenvalue weighted by molar-refractivity contribution is 6.24. The minimum Gasteiger partial charge on any atom is -0.395 e. The molecule has 0 bridgehead atoms. The molecule has 63 valence electrons. The molecule has 0 atom stereocenters. The molecular weight excluding hydrogens is 135 g/mol. The number of quaternary nitrogens is 1. The van der Waals surface area contributed by atoms with Crippen molar-refractivity contribution < 1.29 is 4.39 Å². The van der Waals surface area contributed by atoms with Crippen LogP contribution >= 0.6 is 0 Å². The third-order valence-corrected chi connectivity index (χ3v) is 2.92. The first kappa shape index (κ1) is 9.08. The van der Waals surface area contributed by atoms with Gasteiger partial charge < -0.3 is 4.39 Å². The molecule has 0 spiro atoms. The molecule has 1 radical (unpaired) electrons. The number of nitrogens with zero attached hydrogens (tertiary/aromatic N) is 2. The molecule has 0 N–H and O–H groups in total. The van der Waals surface area contributed by atoms with Gasteiger partial charge in [0.05, 0.1) is 13.1 Å². The smallest absolute Gasteiger partial charge is 0.395 e. The topological polar surface area (TPSA) is 3.24 Å². The predicted molar refractivity (Wildman–Crippen MR) is 49.7 cm³/mol. The summed E-state index contributed by atoms with van der Waals surface area (Å²) < 4.78 is 1.15. The van der Waals surface area contributed by atoms with Crippen molar-refractivity contribution in [2.45, 2.75) is 13.7 Å². The van der Waals surface area contributed by atoms with E-state index in [9.17, 15) is 0 Å². The van der Waals surface area contributed by atoms with Crippen molar-refractivity contribution in [2.24, 2.45) is 0 Å². The average Bonchev–Trinajstić information content (AvgIpc) is 2.06. The molecular formula is C8H19BN2+. The molecule has 11 heavy (non-hydrogen) atoms. The normalized spacial score (nSPS) is 25.0. The molecule has 3 heteroatoms. The van der Waals surface area contributed by atoms with Crippen molar-refractivity contribution in [3.63, 3.8) is 0 Å². The zero-order chi connectivity index (χ0) is 8.32. The third kappa shape index (κ3) is 2.21. The second kappa shape index (κ2) is 3.59. The molecule has 0 aromatic rings. The van der Waals surface area contributed by atoms with Gasteiger partial charge in [-0.1, -0.05) is 6.92 Å². The number of likely N-dealkylation sites (N-methyl/N-ethyl adjacent to an activating group) is 2. The fourth-order valence-electron chi connectivity index (χ4n) is 1.54. The van der Waals surface area contributed by atoms with Crippen LogP contribution in [0.1, 0.15) is 6.92 Å². The van der Waals surface area contributed by atoms with Crippen LogP contribution in [-0.2, 0) is 0 Å². The van der Waals surface area contributed by atoms with E-state index in [1.807, 2.05) is 0 Å². The Morgan fingerprint density at radius 1 is 1.36 bits per heavy atom. The first-order valence-electron chi connectivity index (χ1n) is 4.57. The van der Waals surface area contributed by atoms with E-state index in [4.69, 9.17) is 0 Å². The van der Waals surface area contributed by atoms with E-state index in [-0.39, 0.29) is 0 Å². The third-order valence-electron chi connectivity index (χ3n) is 2.92. The Hall–Kier alpha value is -0.0151. The lowest BCUT2D eigenvalue weighted by Crippen LogP contribution is -2.58. The average molecular weight is 154 g/mol. The summed E-state index contributed by atoms with van der Waals surface area (Å²) in [6.07, 6.45) is 0. The Morgan fingerprint density at radius 3 is 2.27 bits per heavy atom. The standard InChI is InChI=1S/C8H19BN2/c1-4-10-5-7-11(3,9-2)8-6-10/h4-8H2,1-3H3/q+1. The first-order chi connectivity index (χ1) is 5.20. The number of rotatable bonds is 2. The van der Waals surface area contributed by atoms with Crippen LogP contribution in [0.4, 0.5) is 0 Å². The van der Waals surface area contributed by atoms with Crippen molar-refractivity contribution in [3.05, 3.63) is 0 Å². The second-order valence-corrected chi connectivity index (χ2v) is 3.62. The van der Waals surface area contributed by atoms with Gasteiger partial charge in [0.15, 0.2) is 0 Å². The van der Waals surface area contributed by atoms with E-state index in [0.29, 0.717) is 0 Å². The van der Waals surface area contributed by atoms with E-state index in [2.05, 4.69) is 33.1 Å². The highest BCUT2D eigenvalue weighted by Gasteiger charge is 2.26. The number of hydrogen-bond acceptors (Lipinski definition) is 1. The monoisotopic (exact) mass is 154 g/mol. The maximum absolute atomic E-state index is 2.52. The van der Waals surface area contributed by atoms with Crippen molar-refractivity contribution >= 4 is 7.41 Å². The molecule has 0 aliphatic carbocycles. The molecule has 1 heterocycles. The molecule has 1 aliphatic heterocycles. The zero-order valence-electron chi connectivity index (χ0n) is 8.01. The Morgan fingerprint density at radius 2 is 1.91 bits per heavy atom. The van der Waals surface area contributed by atoms with Gasteiger partial charge in [0, 0.05) is 20.1 Å². The van der Waals surface area contributed by atoms with Gasteiger partial charge in [-0.15, -0.1) is 0 Å². The van der Waals surface area contributed by atoms with Gasteiger partial charge in [-0.3, -0.25) is 4.90 Å². The molecule has 0 aromatic heterocycles. The maximum atomic E-state index is 2.52. The van der Waals surface area contributed by atoms with Crippen LogP contribution in [0, 0.1) is 0 Å². The van der Waals surface area contributed by atoms with Crippen molar-refractivity contribution in [3.8, 4) is 0 Å². The SMILES string of the molecule is C[B][N+]1(C)CCN(CC)CC1. The van der Waals surface area contributed by atoms with Gasteiger partial charge in [0.1, 0.15) is 0 Å². The quantitative estimate of drug-likeness (QED) is 0.521. The van der Waals surface area contributed by atoms with Gasteiger partial charge in [-0.25, -0.2) is 0 Å². The molecule has 0 saturated carbocycles. The first-order valence-corrected chi connectivity index (χ1v) is 4.57. The van der Waals surface area contributed by atoms with Gasteiger partial charge in [0.2, 0.25) is 0 Å². The second-order valence-electron chi connectivity index (χ2n) is 3.62. The fraction of sp³-hybridized carbons (Fsp3) is 1.00. The number of piperazine rings is 1. The lowest BCUT2D eigenvalue weighted by atomic mass is 9.90. The number of hydrogen-bond donors (Lipinski definition) is 0. The van der Waals surface area contributed by atoms with E-state index in [1.165, 1.54) is 32.7 Å². The summed E-state index contributed by atoms with van der Waals surface area (Å²) in [5, 5.41) is 0. The highest BCUT2D eigenvalue weighted by Crippen LogP contribution is 2.07.